The third-order valence-electron chi connectivity index (χ3n) is 2.52. The first-order chi connectivity index (χ1) is 8.22. The Hall–Kier alpha value is -1.07. The fraction of sp³-hybridized carbons (Fsp3) is 0.417. The number of sulfone groups is 1. The fourth-order valence-corrected chi connectivity index (χ4v) is 2.21. The maximum Gasteiger partial charge on any atom is 0.239 e. The van der Waals surface area contributed by atoms with Gasteiger partial charge in [-0.25, -0.2) is 8.42 Å². The Morgan fingerprint density at radius 2 is 2.00 bits per heavy atom. The number of hydrogen-bond acceptors (Lipinski definition) is 3. The highest BCUT2D eigenvalue weighted by Crippen LogP contribution is 2.20. The number of benzene rings is 1. The van der Waals surface area contributed by atoms with Gasteiger partial charge in [0.05, 0.1) is 5.25 Å². The summed E-state index contributed by atoms with van der Waals surface area (Å²) in [7, 11) is -3.39. The lowest BCUT2D eigenvalue weighted by atomic mass is 10.2. The van der Waals surface area contributed by atoms with E-state index in [1.54, 1.807) is 32.0 Å². The second kappa shape index (κ2) is 5.71. The quantitative estimate of drug-likeness (QED) is 0.926. The standard InChI is InChI=1S/C12H16ClNO3S/c1-8(2)18(16,17)7-12(15)14-11-6-10(13)5-4-9(11)3/h4-6,8H,7H2,1-3H3,(H,14,15). The van der Waals surface area contributed by atoms with Crippen molar-refractivity contribution in [3.8, 4) is 0 Å². The van der Waals surface area contributed by atoms with Crippen LogP contribution >= 0.6 is 11.6 Å². The number of halogens is 1. The van der Waals surface area contributed by atoms with Crippen LogP contribution in [0.25, 0.3) is 0 Å². The predicted molar refractivity (Wildman–Crippen MR) is 73.7 cm³/mol. The van der Waals surface area contributed by atoms with Gasteiger partial charge < -0.3 is 5.32 Å². The zero-order valence-corrected chi connectivity index (χ0v) is 12.1. The minimum Gasteiger partial charge on any atom is -0.325 e. The highest BCUT2D eigenvalue weighted by molar-refractivity contribution is 7.92. The van der Waals surface area contributed by atoms with E-state index in [4.69, 9.17) is 11.6 Å². The Morgan fingerprint density at radius 3 is 2.56 bits per heavy atom. The van der Waals surface area contributed by atoms with Crippen molar-refractivity contribution in [2.45, 2.75) is 26.0 Å². The molecule has 0 heterocycles. The van der Waals surface area contributed by atoms with Crippen molar-refractivity contribution in [2.24, 2.45) is 0 Å². The van der Waals surface area contributed by atoms with Gasteiger partial charge in [-0.1, -0.05) is 17.7 Å². The second-order valence-electron chi connectivity index (χ2n) is 4.36. The maximum atomic E-state index is 11.7. The molecule has 0 saturated carbocycles. The summed E-state index contributed by atoms with van der Waals surface area (Å²) in [6.45, 7) is 4.91. The maximum absolute atomic E-state index is 11.7. The molecule has 0 radical (unpaired) electrons. The van der Waals surface area contributed by atoms with Crippen LogP contribution in [0.5, 0.6) is 0 Å². The van der Waals surface area contributed by atoms with Crippen molar-refractivity contribution in [1.82, 2.24) is 0 Å². The molecule has 4 nitrogen and oxygen atoms in total. The molecule has 0 aromatic heterocycles. The van der Waals surface area contributed by atoms with E-state index in [0.29, 0.717) is 10.7 Å². The van der Waals surface area contributed by atoms with Gasteiger partial charge in [0, 0.05) is 10.7 Å². The molecule has 0 spiro atoms. The van der Waals surface area contributed by atoms with E-state index in [0.717, 1.165) is 5.56 Å². The zero-order valence-electron chi connectivity index (χ0n) is 10.5. The third-order valence-corrected chi connectivity index (χ3v) is 4.86. The molecule has 1 rings (SSSR count). The van der Waals surface area contributed by atoms with Crippen LogP contribution in [0.15, 0.2) is 18.2 Å². The molecular formula is C12H16ClNO3S. The van der Waals surface area contributed by atoms with E-state index in [9.17, 15) is 13.2 Å². The van der Waals surface area contributed by atoms with Crippen LogP contribution in [-0.4, -0.2) is 25.3 Å². The third kappa shape index (κ3) is 3.99. The number of amides is 1. The summed E-state index contributed by atoms with van der Waals surface area (Å²) in [6, 6.07) is 5.06. The number of aryl methyl sites for hydroxylation is 1. The van der Waals surface area contributed by atoms with E-state index in [-0.39, 0.29) is 0 Å². The van der Waals surface area contributed by atoms with Crippen LogP contribution in [0, 0.1) is 6.92 Å². The molecule has 1 aromatic rings. The highest BCUT2D eigenvalue weighted by Gasteiger charge is 2.20. The molecule has 0 atom stereocenters. The van der Waals surface area contributed by atoms with E-state index >= 15 is 0 Å². The van der Waals surface area contributed by atoms with Gasteiger partial charge in [0.15, 0.2) is 9.84 Å². The van der Waals surface area contributed by atoms with Gasteiger partial charge in [0.1, 0.15) is 5.75 Å². The van der Waals surface area contributed by atoms with Gasteiger partial charge in [-0.3, -0.25) is 4.79 Å². The molecular weight excluding hydrogens is 274 g/mol. The number of rotatable bonds is 4. The minimum atomic E-state index is -3.39. The number of carbonyl (C=O) groups is 1. The smallest absolute Gasteiger partial charge is 0.239 e. The molecule has 0 aliphatic carbocycles. The summed E-state index contributed by atoms with van der Waals surface area (Å²) in [5.74, 6) is -1.06. The van der Waals surface area contributed by atoms with Crippen LogP contribution in [-0.2, 0) is 14.6 Å². The normalized spacial score (nSPS) is 11.6. The van der Waals surface area contributed by atoms with Gasteiger partial charge in [0.2, 0.25) is 5.91 Å². The summed E-state index contributed by atoms with van der Waals surface area (Å²) >= 11 is 5.81. The zero-order chi connectivity index (χ0) is 13.9. The molecule has 0 fully saturated rings. The summed E-state index contributed by atoms with van der Waals surface area (Å²) in [5.41, 5.74) is 1.36. The summed E-state index contributed by atoms with van der Waals surface area (Å²) < 4.78 is 23.2. The molecule has 0 aliphatic rings. The monoisotopic (exact) mass is 289 g/mol. The Kier molecular flexibility index (Phi) is 4.76. The first kappa shape index (κ1) is 15.0. The van der Waals surface area contributed by atoms with Gasteiger partial charge >= 0.3 is 0 Å². The SMILES string of the molecule is Cc1ccc(Cl)cc1NC(=O)CS(=O)(=O)C(C)C. The number of anilines is 1. The average Bonchev–Trinajstić information content (AvgIpc) is 2.22. The lowest BCUT2D eigenvalue weighted by Crippen LogP contribution is -2.28. The summed E-state index contributed by atoms with van der Waals surface area (Å²) in [5, 5.41) is 2.48. The molecule has 1 N–H and O–H groups in total. The molecule has 0 aliphatic heterocycles. The fourth-order valence-electron chi connectivity index (χ4n) is 1.26. The first-order valence-electron chi connectivity index (χ1n) is 5.50. The van der Waals surface area contributed by atoms with E-state index in [2.05, 4.69) is 5.32 Å². The largest absolute Gasteiger partial charge is 0.325 e. The number of carbonyl (C=O) groups excluding carboxylic acids is 1. The summed E-state index contributed by atoms with van der Waals surface area (Å²) in [6.07, 6.45) is 0. The van der Waals surface area contributed by atoms with Gasteiger partial charge in [-0.05, 0) is 38.5 Å². The van der Waals surface area contributed by atoms with Gasteiger partial charge in [0.25, 0.3) is 0 Å². The molecule has 100 valence electrons. The van der Waals surface area contributed by atoms with E-state index in [1.165, 1.54) is 0 Å². The minimum absolute atomic E-state index is 0.489. The Bertz CT molecular complexity index is 552. The van der Waals surface area contributed by atoms with Gasteiger partial charge in [-0.15, -0.1) is 0 Å². The lowest BCUT2D eigenvalue weighted by molar-refractivity contribution is -0.113. The second-order valence-corrected chi connectivity index (χ2v) is 7.36. The Labute approximate surface area is 112 Å². The van der Waals surface area contributed by atoms with E-state index in [1.807, 2.05) is 6.92 Å². The number of hydrogen-bond donors (Lipinski definition) is 1. The van der Waals surface area contributed by atoms with Crippen molar-refractivity contribution >= 4 is 33.0 Å². The average molecular weight is 290 g/mol. The van der Waals surface area contributed by atoms with Crippen LogP contribution in [0.2, 0.25) is 5.02 Å². The van der Waals surface area contributed by atoms with Crippen LogP contribution < -0.4 is 5.32 Å². The number of nitrogens with one attached hydrogen (secondary N) is 1. The molecule has 6 heteroatoms. The molecule has 1 amide bonds. The topological polar surface area (TPSA) is 63.2 Å². The van der Waals surface area contributed by atoms with Crippen molar-refractivity contribution < 1.29 is 13.2 Å². The van der Waals surface area contributed by atoms with Crippen molar-refractivity contribution in [1.29, 1.82) is 0 Å². The van der Waals surface area contributed by atoms with Crippen LogP contribution in [0.3, 0.4) is 0 Å². The molecule has 0 saturated heterocycles. The van der Waals surface area contributed by atoms with Crippen LogP contribution in [0.1, 0.15) is 19.4 Å². The molecule has 1 aromatic carbocycles. The van der Waals surface area contributed by atoms with Crippen molar-refractivity contribution in [3.05, 3.63) is 28.8 Å². The van der Waals surface area contributed by atoms with Gasteiger partial charge in [-0.2, -0.15) is 0 Å². The van der Waals surface area contributed by atoms with Crippen molar-refractivity contribution in [3.63, 3.8) is 0 Å². The molecule has 0 unspecified atom stereocenters. The first-order valence-corrected chi connectivity index (χ1v) is 7.59. The van der Waals surface area contributed by atoms with E-state index < -0.39 is 26.7 Å². The Balaban J connectivity index is 2.80. The van der Waals surface area contributed by atoms with Crippen molar-refractivity contribution in [2.75, 3.05) is 11.1 Å². The predicted octanol–water partition coefficient (Wildman–Crippen LogP) is 2.41. The molecule has 0 bridgehead atoms. The Morgan fingerprint density at radius 1 is 1.39 bits per heavy atom. The summed E-state index contributed by atoms with van der Waals surface area (Å²) in [4.78, 5) is 11.7. The molecule has 18 heavy (non-hydrogen) atoms. The highest BCUT2D eigenvalue weighted by atomic mass is 35.5. The van der Waals surface area contributed by atoms with Crippen LogP contribution in [0.4, 0.5) is 5.69 Å². The lowest BCUT2D eigenvalue weighted by Gasteiger charge is -2.10.